The molecule has 1 amide bonds. The van der Waals surface area contributed by atoms with Crippen molar-refractivity contribution in [1.29, 1.82) is 0 Å². The topological polar surface area (TPSA) is 102 Å². The lowest BCUT2D eigenvalue weighted by Crippen LogP contribution is -2.12. The van der Waals surface area contributed by atoms with Gasteiger partial charge in [-0.05, 0) is 17.7 Å². The van der Waals surface area contributed by atoms with E-state index in [0.717, 1.165) is 11.5 Å². The quantitative estimate of drug-likeness (QED) is 0.748. The average molecular weight is 360 g/mol. The number of carbonyl (C=O) groups is 1. The predicted octanol–water partition coefficient (Wildman–Crippen LogP) is 2.16. The van der Waals surface area contributed by atoms with Crippen molar-refractivity contribution < 1.29 is 13.2 Å². The largest absolute Gasteiger partial charge is 0.297 e. The number of amides is 1. The van der Waals surface area contributed by atoms with Crippen LogP contribution >= 0.6 is 11.5 Å². The fraction of sp³-hybridized carbons (Fsp3) is 0.0667. The van der Waals surface area contributed by atoms with E-state index in [1.807, 2.05) is 6.07 Å². The molecule has 7 nitrogen and oxygen atoms in total. The zero-order valence-corrected chi connectivity index (χ0v) is 13.9. The van der Waals surface area contributed by atoms with Gasteiger partial charge in [0.15, 0.2) is 0 Å². The molecule has 24 heavy (non-hydrogen) atoms. The summed E-state index contributed by atoms with van der Waals surface area (Å²) in [6.45, 7) is 0. The normalized spacial score (nSPS) is 11.2. The van der Waals surface area contributed by atoms with Gasteiger partial charge < -0.3 is 0 Å². The molecule has 0 aliphatic heterocycles. The van der Waals surface area contributed by atoms with E-state index in [1.165, 1.54) is 6.20 Å². The van der Waals surface area contributed by atoms with Gasteiger partial charge in [-0.1, -0.05) is 30.3 Å². The van der Waals surface area contributed by atoms with Gasteiger partial charge in [-0.15, -0.1) is 0 Å². The van der Waals surface area contributed by atoms with Gasteiger partial charge in [-0.2, -0.15) is 9.36 Å². The first-order chi connectivity index (χ1) is 11.5. The van der Waals surface area contributed by atoms with Gasteiger partial charge in [0.2, 0.25) is 15.0 Å². The number of hydrogen-bond donors (Lipinski definition) is 1. The number of hydrogen-bond acceptors (Lipinski definition) is 7. The second-order valence-electron chi connectivity index (χ2n) is 4.82. The summed E-state index contributed by atoms with van der Waals surface area (Å²) in [6.07, 6.45) is 2.96. The molecule has 0 bridgehead atoms. The zero-order valence-electron chi connectivity index (χ0n) is 12.3. The Hall–Kier alpha value is -2.65. The van der Waals surface area contributed by atoms with Crippen LogP contribution in [0.25, 0.3) is 0 Å². The highest BCUT2D eigenvalue weighted by Crippen LogP contribution is 2.19. The van der Waals surface area contributed by atoms with Crippen LogP contribution in [0.4, 0.5) is 5.13 Å². The smallest absolute Gasteiger partial charge is 0.261 e. The van der Waals surface area contributed by atoms with Crippen molar-refractivity contribution in [3.63, 3.8) is 0 Å². The number of sulfone groups is 1. The third-order valence-electron chi connectivity index (χ3n) is 3.03. The molecule has 0 atom stereocenters. The van der Waals surface area contributed by atoms with Gasteiger partial charge in [0.1, 0.15) is 0 Å². The summed E-state index contributed by atoms with van der Waals surface area (Å²) in [6, 6.07) is 12.0. The number of rotatable bonds is 5. The maximum Gasteiger partial charge on any atom is 0.261 e. The molecule has 2 aromatic heterocycles. The van der Waals surface area contributed by atoms with Gasteiger partial charge >= 0.3 is 0 Å². The number of nitrogens with zero attached hydrogens (tertiary/aromatic N) is 3. The van der Waals surface area contributed by atoms with Crippen LogP contribution in [-0.2, 0) is 15.6 Å². The predicted molar refractivity (Wildman–Crippen MR) is 89.4 cm³/mol. The van der Waals surface area contributed by atoms with E-state index in [1.54, 1.807) is 42.6 Å². The lowest BCUT2D eigenvalue weighted by Gasteiger charge is -2.01. The SMILES string of the molecule is O=C(Nc1nc(S(=O)(=O)Cc2ccccc2)ns1)c1cccnc1. The molecule has 3 rings (SSSR count). The summed E-state index contributed by atoms with van der Waals surface area (Å²) in [5.74, 6) is -0.619. The van der Waals surface area contributed by atoms with Gasteiger partial charge in [-0.25, -0.2) is 8.42 Å². The Kier molecular flexibility index (Phi) is 4.63. The minimum atomic E-state index is -3.67. The third-order valence-corrected chi connectivity index (χ3v) is 5.23. The fourth-order valence-electron chi connectivity index (χ4n) is 1.91. The van der Waals surface area contributed by atoms with Crippen molar-refractivity contribution in [1.82, 2.24) is 14.3 Å². The highest BCUT2D eigenvalue weighted by atomic mass is 32.2. The zero-order chi connectivity index (χ0) is 17.0. The first-order valence-corrected chi connectivity index (χ1v) is 9.29. The van der Waals surface area contributed by atoms with E-state index >= 15 is 0 Å². The molecule has 0 fully saturated rings. The van der Waals surface area contributed by atoms with Crippen LogP contribution in [-0.4, -0.2) is 28.7 Å². The van der Waals surface area contributed by atoms with Crippen molar-refractivity contribution in [2.45, 2.75) is 10.9 Å². The third kappa shape index (κ3) is 3.81. The molecular weight excluding hydrogens is 348 g/mol. The number of benzene rings is 1. The summed E-state index contributed by atoms with van der Waals surface area (Å²) in [5, 5.41) is 2.34. The van der Waals surface area contributed by atoms with E-state index in [2.05, 4.69) is 19.7 Å². The Morgan fingerprint density at radius 3 is 2.62 bits per heavy atom. The molecule has 0 saturated heterocycles. The van der Waals surface area contributed by atoms with Crippen LogP contribution in [0.3, 0.4) is 0 Å². The number of aromatic nitrogens is 3. The van der Waals surface area contributed by atoms with Gasteiger partial charge in [0, 0.05) is 23.9 Å². The monoisotopic (exact) mass is 360 g/mol. The molecule has 2 heterocycles. The van der Waals surface area contributed by atoms with Crippen LogP contribution in [0.1, 0.15) is 15.9 Å². The Balaban J connectivity index is 1.74. The summed E-state index contributed by atoms with van der Waals surface area (Å²) in [4.78, 5) is 19.8. The van der Waals surface area contributed by atoms with Crippen LogP contribution in [0, 0.1) is 0 Å². The van der Waals surface area contributed by atoms with Gasteiger partial charge in [-0.3, -0.25) is 15.1 Å². The first kappa shape index (κ1) is 16.2. The lowest BCUT2D eigenvalue weighted by atomic mass is 10.2. The number of pyridine rings is 1. The Morgan fingerprint density at radius 2 is 1.92 bits per heavy atom. The molecule has 0 aliphatic carbocycles. The second-order valence-corrected chi connectivity index (χ2v) is 7.46. The number of anilines is 1. The molecule has 0 aliphatic rings. The molecule has 1 N–H and O–H groups in total. The lowest BCUT2D eigenvalue weighted by molar-refractivity contribution is 0.102. The number of nitrogens with one attached hydrogen (secondary N) is 1. The van der Waals surface area contributed by atoms with E-state index in [0.29, 0.717) is 11.1 Å². The van der Waals surface area contributed by atoms with Crippen LogP contribution in [0.15, 0.2) is 60.0 Å². The number of carbonyl (C=O) groups excluding carboxylic acids is 1. The molecule has 3 aromatic rings. The van der Waals surface area contributed by atoms with Crippen LogP contribution < -0.4 is 5.32 Å². The highest BCUT2D eigenvalue weighted by molar-refractivity contribution is 7.90. The van der Waals surface area contributed by atoms with Crippen molar-refractivity contribution in [2.75, 3.05) is 5.32 Å². The van der Waals surface area contributed by atoms with Crippen molar-refractivity contribution in [3.05, 3.63) is 66.0 Å². The van der Waals surface area contributed by atoms with Crippen molar-refractivity contribution in [2.24, 2.45) is 0 Å². The van der Waals surface area contributed by atoms with Gasteiger partial charge in [0.05, 0.1) is 11.3 Å². The molecule has 1 aromatic carbocycles. The molecule has 0 spiro atoms. The summed E-state index contributed by atoms with van der Waals surface area (Å²) in [5.41, 5.74) is 0.995. The molecule has 122 valence electrons. The van der Waals surface area contributed by atoms with Crippen molar-refractivity contribution >= 4 is 32.4 Å². The molecule has 0 unspecified atom stereocenters. The standard InChI is InChI=1S/C15H12N4O3S2/c20-13(12-7-4-8-16-9-12)17-14-18-15(19-23-14)24(21,22)10-11-5-2-1-3-6-11/h1-9H,10H2,(H,17,18,19,20). The minimum absolute atomic E-state index is 0.121. The minimum Gasteiger partial charge on any atom is -0.297 e. The van der Waals surface area contributed by atoms with Crippen LogP contribution in [0.5, 0.6) is 0 Å². The van der Waals surface area contributed by atoms with E-state index in [4.69, 9.17) is 0 Å². The molecule has 9 heteroatoms. The maximum atomic E-state index is 12.3. The Bertz CT molecular complexity index is 941. The molecule has 0 saturated carbocycles. The van der Waals surface area contributed by atoms with Crippen LogP contribution in [0.2, 0.25) is 0 Å². The summed E-state index contributed by atoms with van der Waals surface area (Å²) < 4.78 is 28.5. The fourth-order valence-corrected chi connectivity index (χ4v) is 4.00. The van der Waals surface area contributed by atoms with E-state index in [9.17, 15) is 13.2 Å². The first-order valence-electron chi connectivity index (χ1n) is 6.86. The van der Waals surface area contributed by atoms with Gasteiger partial charge in [0.25, 0.3) is 11.1 Å². The second kappa shape index (κ2) is 6.85. The summed E-state index contributed by atoms with van der Waals surface area (Å²) in [7, 11) is -3.67. The Morgan fingerprint density at radius 1 is 1.12 bits per heavy atom. The molecule has 0 radical (unpaired) electrons. The van der Waals surface area contributed by atoms with E-state index < -0.39 is 15.7 Å². The Labute approximate surface area is 142 Å². The summed E-state index contributed by atoms with van der Waals surface area (Å²) >= 11 is 0.817. The average Bonchev–Trinajstić information content (AvgIpc) is 3.06. The maximum absolute atomic E-state index is 12.3. The highest BCUT2D eigenvalue weighted by Gasteiger charge is 2.22. The van der Waals surface area contributed by atoms with Crippen molar-refractivity contribution in [3.8, 4) is 0 Å². The molecular formula is C15H12N4O3S2. The van der Waals surface area contributed by atoms with E-state index in [-0.39, 0.29) is 16.0 Å².